The van der Waals surface area contributed by atoms with E-state index in [0.717, 1.165) is 0 Å². The summed E-state index contributed by atoms with van der Waals surface area (Å²) in [4.78, 5) is 10.6. The summed E-state index contributed by atoms with van der Waals surface area (Å²) in [6, 6.07) is 2.30. The van der Waals surface area contributed by atoms with Crippen LogP contribution in [0.25, 0.3) is 0 Å². The van der Waals surface area contributed by atoms with Crippen molar-refractivity contribution in [2.75, 3.05) is 0 Å². The third-order valence-electron chi connectivity index (χ3n) is 1.25. The van der Waals surface area contributed by atoms with Crippen molar-refractivity contribution in [2.45, 2.75) is 0 Å². The van der Waals surface area contributed by atoms with Gasteiger partial charge in [-0.25, -0.2) is 4.79 Å². The Kier molecular flexibility index (Phi) is 3.30. The predicted molar refractivity (Wildman–Crippen MR) is 52.3 cm³/mol. The lowest BCUT2D eigenvalue weighted by atomic mass is 10.2. The predicted octanol–water partition coefficient (Wildman–Crippen LogP) is 3.80. The molecule has 0 unspecified atom stereocenters. The van der Waals surface area contributed by atoms with Crippen molar-refractivity contribution in [1.82, 2.24) is 0 Å². The van der Waals surface area contributed by atoms with Gasteiger partial charge in [-0.15, -0.1) is 0 Å². The average Bonchev–Trinajstić information content (AvgIpc) is 2.07. The lowest BCUT2D eigenvalue weighted by Gasteiger charge is -2.04. The summed E-state index contributed by atoms with van der Waals surface area (Å²) in [5, 5.41) is 8.32. The Balaban J connectivity index is 3.50. The second-order valence-electron chi connectivity index (χ2n) is 2.06. The summed E-state index contributed by atoms with van der Waals surface area (Å²) in [5.74, 6) is -1.26. The largest absolute Gasteiger partial charge is 0.478 e. The van der Waals surface area contributed by atoms with Gasteiger partial charge in [-0.3, -0.25) is 0 Å². The first kappa shape index (κ1) is 10.9. The third kappa shape index (κ3) is 2.02. The summed E-state index contributed by atoms with van der Waals surface area (Å²) in [6.45, 7) is 0. The molecule has 2 nitrogen and oxygen atoms in total. The van der Waals surface area contributed by atoms with E-state index in [1.54, 1.807) is 0 Å². The van der Waals surface area contributed by atoms with E-state index in [2.05, 4.69) is 6.07 Å². The van der Waals surface area contributed by atoms with Gasteiger partial charge in [-0.05, 0) is 0 Å². The van der Waals surface area contributed by atoms with E-state index >= 15 is 0 Å². The third-order valence-corrected chi connectivity index (χ3v) is 2.95. The number of hydrogen-bond acceptors (Lipinski definition) is 1. The van der Waals surface area contributed by atoms with Crippen molar-refractivity contribution in [1.29, 1.82) is 0 Å². The summed E-state index contributed by atoms with van der Waals surface area (Å²) < 4.78 is 0. The Bertz CT molecular complexity index is 375. The summed E-state index contributed by atoms with van der Waals surface area (Å²) in [6.07, 6.45) is 0. The fraction of sp³-hybridized carbons (Fsp3) is 0. The molecule has 0 aromatic heterocycles. The van der Waals surface area contributed by atoms with Gasteiger partial charge in [-0.2, -0.15) is 0 Å². The lowest BCUT2D eigenvalue weighted by Crippen LogP contribution is -1.98. The molecule has 1 rings (SSSR count). The van der Waals surface area contributed by atoms with Crippen LogP contribution in [0, 0.1) is 6.07 Å². The molecular formula is C7HCl4O2. The molecule has 13 heavy (non-hydrogen) atoms. The van der Waals surface area contributed by atoms with Crippen LogP contribution in [0.15, 0.2) is 0 Å². The molecule has 0 saturated heterocycles. The molecule has 0 aliphatic carbocycles. The molecule has 0 aliphatic heterocycles. The van der Waals surface area contributed by atoms with Crippen molar-refractivity contribution in [2.24, 2.45) is 0 Å². The van der Waals surface area contributed by atoms with Crippen LogP contribution in [-0.4, -0.2) is 11.1 Å². The van der Waals surface area contributed by atoms with Crippen LogP contribution in [0.5, 0.6) is 0 Å². The van der Waals surface area contributed by atoms with Crippen LogP contribution in [0.3, 0.4) is 0 Å². The molecule has 1 aromatic rings. The average molecular weight is 259 g/mol. The highest BCUT2D eigenvalue weighted by Crippen LogP contribution is 2.37. The van der Waals surface area contributed by atoms with Crippen molar-refractivity contribution in [3.05, 3.63) is 31.7 Å². The van der Waals surface area contributed by atoms with E-state index in [-0.39, 0.29) is 25.7 Å². The van der Waals surface area contributed by atoms with Gasteiger partial charge in [0.25, 0.3) is 0 Å². The van der Waals surface area contributed by atoms with E-state index in [0.29, 0.717) is 0 Å². The molecule has 0 amide bonds. The molecule has 0 heterocycles. The fourth-order valence-corrected chi connectivity index (χ4v) is 1.51. The Morgan fingerprint density at radius 1 is 1.08 bits per heavy atom. The first-order valence-electron chi connectivity index (χ1n) is 2.93. The topological polar surface area (TPSA) is 37.3 Å². The first-order valence-corrected chi connectivity index (χ1v) is 4.45. The monoisotopic (exact) mass is 257 g/mol. The smallest absolute Gasteiger partial charge is 0.337 e. The zero-order valence-corrected chi connectivity index (χ0v) is 8.89. The quantitative estimate of drug-likeness (QED) is 0.615. The Morgan fingerprint density at radius 3 is 2.08 bits per heavy atom. The lowest BCUT2D eigenvalue weighted by molar-refractivity contribution is 0.0696. The van der Waals surface area contributed by atoms with Gasteiger partial charge >= 0.3 is 5.97 Å². The van der Waals surface area contributed by atoms with Gasteiger partial charge in [0.2, 0.25) is 0 Å². The standard InChI is InChI=1S/C7HCl4O2/c8-3-1-2(7(12)13)4(9)6(11)5(3)10/h(H,12,13). The fourth-order valence-electron chi connectivity index (χ4n) is 0.669. The highest BCUT2D eigenvalue weighted by Gasteiger charge is 2.17. The van der Waals surface area contributed by atoms with E-state index in [1.165, 1.54) is 0 Å². The molecule has 0 bridgehead atoms. The first-order chi connectivity index (χ1) is 5.95. The molecule has 0 aliphatic rings. The second-order valence-corrected chi connectivity index (χ2v) is 3.57. The molecule has 1 N–H and O–H groups in total. The molecule has 0 saturated carbocycles. The maximum atomic E-state index is 10.6. The van der Waals surface area contributed by atoms with Gasteiger partial charge in [-0.1, -0.05) is 46.4 Å². The second kappa shape index (κ2) is 3.93. The number of benzene rings is 1. The number of aromatic carboxylic acids is 1. The minimum Gasteiger partial charge on any atom is -0.478 e. The van der Waals surface area contributed by atoms with Crippen molar-refractivity contribution in [3.63, 3.8) is 0 Å². The van der Waals surface area contributed by atoms with Crippen LogP contribution in [0.1, 0.15) is 10.4 Å². The van der Waals surface area contributed by atoms with Crippen LogP contribution in [0.2, 0.25) is 20.1 Å². The van der Waals surface area contributed by atoms with Crippen molar-refractivity contribution >= 4 is 52.4 Å². The minimum absolute atomic E-state index is 0.00154. The van der Waals surface area contributed by atoms with Gasteiger partial charge < -0.3 is 5.11 Å². The summed E-state index contributed by atoms with van der Waals surface area (Å²) >= 11 is 22.3. The van der Waals surface area contributed by atoms with Gasteiger partial charge in [0, 0.05) is 6.07 Å². The highest BCUT2D eigenvalue weighted by atomic mass is 35.5. The van der Waals surface area contributed by atoms with Gasteiger partial charge in [0.1, 0.15) is 0 Å². The zero-order valence-electron chi connectivity index (χ0n) is 5.87. The van der Waals surface area contributed by atoms with E-state index in [1.807, 2.05) is 0 Å². The van der Waals surface area contributed by atoms with Gasteiger partial charge in [0.05, 0.1) is 25.7 Å². The maximum absolute atomic E-state index is 10.6. The molecule has 1 aromatic carbocycles. The van der Waals surface area contributed by atoms with Crippen molar-refractivity contribution < 1.29 is 9.90 Å². The van der Waals surface area contributed by atoms with Crippen molar-refractivity contribution in [3.8, 4) is 0 Å². The molecule has 69 valence electrons. The molecule has 0 spiro atoms. The van der Waals surface area contributed by atoms with E-state index in [9.17, 15) is 4.79 Å². The normalized spacial score (nSPS) is 10.2. The number of carbonyl (C=O) groups is 1. The zero-order chi connectivity index (χ0) is 10.2. The molecule has 6 heteroatoms. The Labute approximate surface area is 94.0 Å². The van der Waals surface area contributed by atoms with E-state index < -0.39 is 5.97 Å². The van der Waals surface area contributed by atoms with Crippen LogP contribution >= 0.6 is 46.4 Å². The Hall–Kier alpha value is -0.150. The molecule has 1 radical (unpaired) electrons. The number of rotatable bonds is 1. The molecule has 0 fully saturated rings. The van der Waals surface area contributed by atoms with E-state index in [4.69, 9.17) is 51.5 Å². The molecule has 0 atom stereocenters. The number of carboxylic acid groups (broad SMARTS) is 1. The minimum atomic E-state index is -1.26. The number of halogens is 4. The SMILES string of the molecule is O=C(O)c1[c]c(Cl)c(Cl)c(Cl)c1Cl. The summed E-state index contributed by atoms with van der Waals surface area (Å²) in [7, 11) is 0. The highest BCUT2D eigenvalue weighted by molar-refractivity contribution is 6.52. The summed E-state index contributed by atoms with van der Waals surface area (Å²) in [5.41, 5.74) is -0.291. The van der Waals surface area contributed by atoms with Crippen LogP contribution in [0.4, 0.5) is 0 Å². The van der Waals surface area contributed by atoms with Crippen LogP contribution in [-0.2, 0) is 0 Å². The van der Waals surface area contributed by atoms with Gasteiger partial charge in [0.15, 0.2) is 0 Å². The number of hydrogen-bond donors (Lipinski definition) is 1. The van der Waals surface area contributed by atoms with Crippen LogP contribution < -0.4 is 0 Å². The Morgan fingerprint density at radius 2 is 1.62 bits per heavy atom. The number of carboxylic acids is 1. The molecular weight excluding hydrogens is 258 g/mol. The maximum Gasteiger partial charge on any atom is 0.337 e.